The van der Waals surface area contributed by atoms with Crippen LogP contribution in [0.25, 0.3) is 10.9 Å². The van der Waals surface area contributed by atoms with E-state index in [9.17, 15) is 9.59 Å². The fraction of sp³-hybridized carbons (Fsp3) is 0.444. The zero-order valence-corrected chi connectivity index (χ0v) is 20.9. The van der Waals surface area contributed by atoms with Gasteiger partial charge in [-0.1, -0.05) is 19.1 Å². The van der Waals surface area contributed by atoms with Crippen molar-refractivity contribution >= 4 is 28.4 Å². The molecule has 36 heavy (non-hydrogen) atoms. The summed E-state index contributed by atoms with van der Waals surface area (Å²) in [4.78, 5) is 31.7. The number of benzene rings is 2. The highest BCUT2D eigenvalue weighted by atomic mass is 19.1. The molecule has 9 heteroatoms. The molecule has 3 aromatic rings. The van der Waals surface area contributed by atoms with E-state index in [4.69, 9.17) is 5.73 Å². The Morgan fingerprint density at radius 1 is 1.14 bits per heavy atom. The first-order valence-electron chi connectivity index (χ1n) is 12.5. The first-order valence-corrected chi connectivity index (χ1v) is 12.5. The van der Waals surface area contributed by atoms with Crippen molar-refractivity contribution in [2.45, 2.75) is 26.3 Å². The monoisotopic (exact) mass is 492 g/mol. The first-order chi connectivity index (χ1) is 17.3. The number of aryl methyl sites for hydroxylation is 1. The van der Waals surface area contributed by atoms with E-state index in [1.807, 2.05) is 30.1 Å². The van der Waals surface area contributed by atoms with E-state index in [0.717, 1.165) is 43.4 Å². The molecule has 0 bridgehead atoms. The summed E-state index contributed by atoms with van der Waals surface area (Å²) in [5, 5.41) is 5.27. The van der Waals surface area contributed by atoms with Crippen molar-refractivity contribution in [3.05, 3.63) is 59.5 Å². The van der Waals surface area contributed by atoms with Crippen LogP contribution >= 0.6 is 0 Å². The molecule has 0 atom stereocenters. The van der Waals surface area contributed by atoms with Gasteiger partial charge < -0.3 is 15.5 Å². The molecular weight excluding hydrogens is 459 g/mol. The number of Topliss-reactive ketones (excluding diaryl/α,β-unsaturated/α-hetero) is 1. The predicted molar refractivity (Wildman–Crippen MR) is 137 cm³/mol. The van der Waals surface area contributed by atoms with E-state index >= 15 is 4.39 Å². The van der Waals surface area contributed by atoms with E-state index < -0.39 is 5.82 Å². The number of carbonyl (C=O) groups excluding carboxylic acids is 2. The molecule has 2 aromatic carbocycles. The third kappa shape index (κ3) is 4.49. The number of urea groups is 1. The summed E-state index contributed by atoms with van der Waals surface area (Å²) in [5.41, 5.74) is 7.89. The lowest BCUT2D eigenvalue weighted by Crippen LogP contribution is -2.61. The SMILES string of the molecule is CCN1CC2(CCN(C(=O)N(Cc3ccc(C(=O)CN)cc3F)c3ccc4cnn(C)c4c3)CC2)C1. The molecule has 2 fully saturated rings. The van der Waals surface area contributed by atoms with Gasteiger partial charge in [0.15, 0.2) is 5.78 Å². The quantitative estimate of drug-likeness (QED) is 0.533. The van der Waals surface area contributed by atoms with Gasteiger partial charge in [0.2, 0.25) is 0 Å². The number of hydrogen-bond acceptors (Lipinski definition) is 5. The number of fused-ring (bicyclic) bond motifs is 1. The highest BCUT2D eigenvalue weighted by Crippen LogP contribution is 2.40. The van der Waals surface area contributed by atoms with Crippen LogP contribution in [0.3, 0.4) is 0 Å². The zero-order chi connectivity index (χ0) is 25.4. The Kier molecular flexibility index (Phi) is 6.53. The van der Waals surface area contributed by atoms with Gasteiger partial charge in [-0.15, -0.1) is 0 Å². The number of carbonyl (C=O) groups is 2. The van der Waals surface area contributed by atoms with Gasteiger partial charge in [0.25, 0.3) is 0 Å². The average molecular weight is 493 g/mol. The fourth-order valence-electron chi connectivity index (χ4n) is 5.49. The van der Waals surface area contributed by atoms with E-state index in [0.29, 0.717) is 29.8 Å². The average Bonchev–Trinajstić information content (AvgIpc) is 3.25. The summed E-state index contributed by atoms with van der Waals surface area (Å²) in [5.74, 6) is -0.852. The van der Waals surface area contributed by atoms with Crippen LogP contribution in [0.1, 0.15) is 35.7 Å². The third-order valence-electron chi connectivity index (χ3n) is 7.82. The molecular formula is C27H33FN6O2. The molecule has 0 aliphatic carbocycles. The van der Waals surface area contributed by atoms with Crippen molar-refractivity contribution in [3.8, 4) is 0 Å². The molecule has 0 radical (unpaired) electrons. The van der Waals surface area contributed by atoms with Gasteiger partial charge in [0, 0.05) is 55.4 Å². The number of anilines is 1. The minimum absolute atomic E-state index is 0.0520. The van der Waals surface area contributed by atoms with Crippen LogP contribution in [0.15, 0.2) is 42.6 Å². The number of hydrogen-bond donors (Lipinski definition) is 1. The van der Waals surface area contributed by atoms with E-state index in [1.54, 1.807) is 27.9 Å². The van der Waals surface area contributed by atoms with Crippen LogP contribution in [-0.2, 0) is 13.6 Å². The van der Waals surface area contributed by atoms with E-state index in [-0.39, 0.29) is 30.5 Å². The van der Waals surface area contributed by atoms with Gasteiger partial charge in [-0.2, -0.15) is 5.10 Å². The lowest BCUT2D eigenvalue weighted by Gasteiger charge is -2.54. The maximum absolute atomic E-state index is 15.1. The van der Waals surface area contributed by atoms with Gasteiger partial charge in [0.05, 0.1) is 24.8 Å². The Hall–Kier alpha value is -3.30. The van der Waals surface area contributed by atoms with Gasteiger partial charge in [-0.05, 0) is 49.1 Å². The molecule has 5 rings (SSSR count). The van der Waals surface area contributed by atoms with Crippen molar-refractivity contribution in [1.29, 1.82) is 0 Å². The van der Waals surface area contributed by atoms with Crippen molar-refractivity contribution in [2.75, 3.05) is 44.2 Å². The van der Waals surface area contributed by atoms with E-state index in [1.165, 1.54) is 6.07 Å². The number of rotatable bonds is 6. The Labute approximate surface area is 210 Å². The molecule has 2 aliphatic rings. The second-order valence-corrected chi connectivity index (χ2v) is 10.1. The number of likely N-dealkylation sites (tertiary alicyclic amines) is 2. The standard InChI is InChI=1S/C27H33FN6O2/c1-3-32-17-27(18-32)8-10-33(11-9-27)26(36)34(22-7-6-20-15-30-31(2)24(20)13-22)16-21-5-4-19(12-23(21)28)25(35)14-29/h4-7,12-13,15H,3,8-11,14,16-18,29H2,1-2H3. The molecule has 190 valence electrons. The number of nitrogens with two attached hydrogens (primary N) is 1. The Morgan fingerprint density at radius 3 is 2.56 bits per heavy atom. The van der Waals surface area contributed by atoms with Crippen LogP contribution in [0.5, 0.6) is 0 Å². The number of amides is 2. The lowest BCUT2D eigenvalue weighted by atomic mass is 9.72. The second kappa shape index (κ2) is 9.63. The molecule has 2 amide bonds. The number of nitrogens with zero attached hydrogens (tertiary/aromatic N) is 5. The molecule has 1 spiro atoms. The van der Waals surface area contributed by atoms with Gasteiger partial charge >= 0.3 is 6.03 Å². The van der Waals surface area contributed by atoms with Crippen LogP contribution in [-0.4, -0.2) is 70.7 Å². The highest BCUT2D eigenvalue weighted by Gasteiger charge is 2.45. The van der Waals surface area contributed by atoms with Crippen LogP contribution in [0.2, 0.25) is 0 Å². The summed E-state index contributed by atoms with van der Waals surface area (Å²) >= 11 is 0. The zero-order valence-electron chi connectivity index (χ0n) is 20.9. The maximum atomic E-state index is 15.1. The van der Waals surface area contributed by atoms with Crippen LogP contribution in [0.4, 0.5) is 14.9 Å². The third-order valence-corrected chi connectivity index (χ3v) is 7.82. The number of halogens is 1. The largest absolute Gasteiger partial charge is 0.324 e. The minimum Gasteiger partial charge on any atom is -0.324 e. The smallest absolute Gasteiger partial charge is 0.324 e. The minimum atomic E-state index is -0.527. The number of piperidine rings is 1. The normalized spacial score (nSPS) is 17.4. The predicted octanol–water partition coefficient (Wildman–Crippen LogP) is 3.40. The molecule has 1 aromatic heterocycles. The molecule has 8 nitrogen and oxygen atoms in total. The molecule has 2 saturated heterocycles. The Morgan fingerprint density at radius 2 is 1.89 bits per heavy atom. The molecule has 3 heterocycles. The summed E-state index contributed by atoms with van der Waals surface area (Å²) in [6.07, 6.45) is 3.74. The van der Waals surface area contributed by atoms with Crippen molar-refractivity contribution in [2.24, 2.45) is 18.2 Å². The molecule has 2 aliphatic heterocycles. The summed E-state index contributed by atoms with van der Waals surface area (Å²) in [7, 11) is 1.85. The van der Waals surface area contributed by atoms with Crippen molar-refractivity contribution < 1.29 is 14.0 Å². The van der Waals surface area contributed by atoms with E-state index in [2.05, 4.69) is 16.9 Å². The Balaban J connectivity index is 1.42. The Bertz CT molecular complexity index is 1290. The number of aromatic nitrogens is 2. The molecule has 0 unspecified atom stereocenters. The highest BCUT2D eigenvalue weighted by molar-refractivity contribution is 5.98. The fourth-order valence-corrected chi connectivity index (χ4v) is 5.49. The van der Waals surface area contributed by atoms with Gasteiger partial charge in [-0.25, -0.2) is 9.18 Å². The van der Waals surface area contributed by atoms with Gasteiger partial charge in [-0.3, -0.25) is 14.4 Å². The first kappa shape index (κ1) is 24.4. The second-order valence-electron chi connectivity index (χ2n) is 10.1. The molecule has 0 saturated carbocycles. The molecule has 2 N–H and O–H groups in total. The number of ketones is 1. The van der Waals surface area contributed by atoms with Crippen molar-refractivity contribution in [3.63, 3.8) is 0 Å². The summed E-state index contributed by atoms with van der Waals surface area (Å²) < 4.78 is 16.8. The topological polar surface area (TPSA) is 87.7 Å². The van der Waals surface area contributed by atoms with Crippen molar-refractivity contribution in [1.82, 2.24) is 19.6 Å². The maximum Gasteiger partial charge on any atom is 0.324 e. The lowest BCUT2D eigenvalue weighted by molar-refractivity contribution is -0.0357. The van der Waals surface area contributed by atoms with Crippen LogP contribution < -0.4 is 10.6 Å². The summed E-state index contributed by atoms with van der Waals surface area (Å²) in [6.45, 7) is 6.70. The summed E-state index contributed by atoms with van der Waals surface area (Å²) in [6, 6.07) is 9.93. The van der Waals surface area contributed by atoms with Gasteiger partial charge in [0.1, 0.15) is 5.82 Å². The van der Waals surface area contributed by atoms with Crippen LogP contribution in [0, 0.1) is 11.2 Å².